The van der Waals surface area contributed by atoms with E-state index in [1.165, 1.54) is 26.7 Å². The fraction of sp³-hybridized carbons (Fsp3) is 0.438. The van der Waals surface area contributed by atoms with Crippen LogP contribution < -0.4 is 5.32 Å². The molecule has 4 rings (SSSR count). The summed E-state index contributed by atoms with van der Waals surface area (Å²) < 4.78 is 1.16. The van der Waals surface area contributed by atoms with Crippen molar-refractivity contribution in [3.63, 3.8) is 0 Å². The van der Waals surface area contributed by atoms with Crippen LogP contribution in [-0.2, 0) is 6.42 Å². The molecule has 0 radical (unpaired) electrons. The molecule has 2 heterocycles. The highest BCUT2D eigenvalue weighted by Crippen LogP contribution is 2.42. The van der Waals surface area contributed by atoms with E-state index in [0.717, 1.165) is 37.1 Å². The molecule has 1 atom stereocenters. The van der Waals surface area contributed by atoms with Crippen molar-refractivity contribution in [3.05, 3.63) is 38.1 Å². The number of benzene rings is 1. The first-order valence-corrected chi connectivity index (χ1v) is 9.06. The van der Waals surface area contributed by atoms with Crippen molar-refractivity contribution in [3.8, 4) is 11.3 Å². The molecule has 5 heteroatoms. The Morgan fingerprint density at radius 1 is 1.33 bits per heavy atom. The monoisotopic (exact) mass is 363 g/mol. The number of halogens is 1. The van der Waals surface area contributed by atoms with Crippen LogP contribution in [-0.4, -0.2) is 36.1 Å². The highest BCUT2D eigenvalue weighted by Gasteiger charge is 2.27. The molecule has 1 aliphatic heterocycles. The molecule has 1 aromatic carbocycles. The third-order valence-electron chi connectivity index (χ3n) is 4.44. The van der Waals surface area contributed by atoms with E-state index in [2.05, 4.69) is 51.3 Å². The van der Waals surface area contributed by atoms with Gasteiger partial charge in [-0.15, -0.1) is 11.3 Å². The van der Waals surface area contributed by atoms with Gasteiger partial charge in [0.1, 0.15) is 5.01 Å². The Kier molecular flexibility index (Phi) is 3.61. The molecular formula is C16H18BrN3S. The Morgan fingerprint density at radius 2 is 2.14 bits per heavy atom. The molecule has 0 spiro atoms. The molecule has 1 unspecified atom stereocenters. The Morgan fingerprint density at radius 3 is 2.95 bits per heavy atom. The second-order valence-electron chi connectivity index (χ2n) is 5.76. The topological polar surface area (TPSA) is 28.2 Å². The molecule has 21 heavy (non-hydrogen) atoms. The molecule has 2 aromatic rings. The lowest BCUT2D eigenvalue weighted by Gasteiger charge is -2.31. The summed E-state index contributed by atoms with van der Waals surface area (Å²) in [7, 11) is 0. The molecule has 0 amide bonds. The second kappa shape index (κ2) is 5.47. The number of hydrogen-bond acceptors (Lipinski definition) is 4. The lowest BCUT2D eigenvalue weighted by Crippen LogP contribution is -2.44. The van der Waals surface area contributed by atoms with Crippen LogP contribution in [0.15, 0.2) is 22.7 Å². The predicted molar refractivity (Wildman–Crippen MR) is 90.9 cm³/mol. The summed E-state index contributed by atoms with van der Waals surface area (Å²) in [4.78, 5) is 8.94. The zero-order chi connectivity index (χ0) is 14.4. The van der Waals surface area contributed by atoms with E-state index < -0.39 is 0 Å². The summed E-state index contributed by atoms with van der Waals surface area (Å²) in [6.07, 6.45) is 1.04. The first-order chi connectivity index (χ1) is 10.2. The molecule has 110 valence electrons. The zero-order valence-corrected chi connectivity index (χ0v) is 14.4. The summed E-state index contributed by atoms with van der Waals surface area (Å²) in [5.74, 6) is 0. The molecule has 3 nitrogen and oxygen atoms in total. The summed E-state index contributed by atoms with van der Waals surface area (Å²) in [6.45, 7) is 6.71. The zero-order valence-electron chi connectivity index (χ0n) is 12.0. The lowest BCUT2D eigenvalue weighted by atomic mass is 10.1. The van der Waals surface area contributed by atoms with Gasteiger partial charge >= 0.3 is 0 Å². The maximum Gasteiger partial charge on any atom is 0.110 e. The largest absolute Gasteiger partial charge is 0.314 e. The minimum Gasteiger partial charge on any atom is -0.314 e. The van der Waals surface area contributed by atoms with Gasteiger partial charge in [0.25, 0.3) is 0 Å². The SMILES string of the molecule is CC(c1nc2c(s1)Cc1cc(Br)ccc1-2)N1CCNCC1. The maximum atomic E-state index is 4.98. The molecule has 0 bridgehead atoms. The number of rotatable bonds is 2. The van der Waals surface area contributed by atoms with Crippen LogP contribution in [0.4, 0.5) is 0 Å². The van der Waals surface area contributed by atoms with Crippen LogP contribution in [0.1, 0.15) is 28.4 Å². The number of fused-ring (bicyclic) bond motifs is 3. The number of nitrogens with zero attached hydrogens (tertiary/aromatic N) is 2. The van der Waals surface area contributed by atoms with Crippen molar-refractivity contribution in [2.24, 2.45) is 0 Å². The van der Waals surface area contributed by atoms with Crippen LogP contribution in [0.3, 0.4) is 0 Å². The quantitative estimate of drug-likeness (QED) is 0.755. The van der Waals surface area contributed by atoms with E-state index in [-0.39, 0.29) is 0 Å². The number of hydrogen-bond donors (Lipinski definition) is 1. The molecule has 0 saturated carbocycles. The fourth-order valence-electron chi connectivity index (χ4n) is 3.22. The van der Waals surface area contributed by atoms with Crippen molar-refractivity contribution in [1.82, 2.24) is 15.2 Å². The Labute approximate surface area is 137 Å². The standard InChI is InChI=1S/C16H18BrN3S/c1-10(20-6-4-18-5-7-20)16-19-15-13-3-2-12(17)8-11(13)9-14(15)21-16/h2-3,8,10,18H,4-7,9H2,1H3. The first kappa shape index (κ1) is 13.9. The van der Waals surface area contributed by atoms with Gasteiger partial charge < -0.3 is 5.32 Å². The van der Waals surface area contributed by atoms with Crippen LogP contribution in [0.2, 0.25) is 0 Å². The van der Waals surface area contributed by atoms with E-state index in [9.17, 15) is 0 Å². The van der Waals surface area contributed by atoms with E-state index in [1.807, 2.05) is 11.3 Å². The van der Waals surface area contributed by atoms with E-state index in [1.54, 1.807) is 0 Å². The predicted octanol–water partition coefficient (Wildman–Crippen LogP) is 3.44. The molecule has 1 N–H and O–H groups in total. The Bertz CT molecular complexity index is 676. The third kappa shape index (κ3) is 2.46. The molecule has 1 fully saturated rings. The average Bonchev–Trinajstić information content (AvgIpc) is 3.04. The van der Waals surface area contributed by atoms with E-state index in [4.69, 9.17) is 4.98 Å². The maximum absolute atomic E-state index is 4.98. The van der Waals surface area contributed by atoms with Crippen LogP contribution >= 0.6 is 27.3 Å². The molecule has 1 aromatic heterocycles. The normalized spacial score (nSPS) is 19.3. The molecule has 1 saturated heterocycles. The van der Waals surface area contributed by atoms with Crippen molar-refractivity contribution in [2.45, 2.75) is 19.4 Å². The number of piperazine rings is 1. The van der Waals surface area contributed by atoms with Crippen molar-refractivity contribution in [1.29, 1.82) is 0 Å². The summed E-state index contributed by atoms with van der Waals surface area (Å²) in [5, 5.41) is 4.69. The van der Waals surface area contributed by atoms with Crippen LogP contribution in [0.5, 0.6) is 0 Å². The smallest absolute Gasteiger partial charge is 0.110 e. The van der Waals surface area contributed by atoms with Gasteiger partial charge in [0, 0.05) is 47.5 Å². The highest BCUT2D eigenvalue weighted by atomic mass is 79.9. The van der Waals surface area contributed by atoms with Crippen molar-refractivity contribution in [2.75, 3.05) is 26.2 Å². The van der Waals surface area contributed by atoms with E-state index >= 15 is 0 Å². The van der Waals surface area contributed by atoms with E-state index in [0.29, 0.717) is 6.04 Å². The van der Waals surface area contributed by atoms with Crippen LogP contribution in [0, 0.1) is 0 Å². The highest BCUT2D eigenvalue weighted by molar-refractivity contribution is 9.10. The van der Waals surface area contributed by atoms with Crippen LogP contribution in [0.25, 0.3) is 11.3 Å². The number of nitrogens with one attached hydrogen (secondary N) is 1. The van der Waals surface area contributed by atoms with Gasteiger partial charge in [0.05, 0.1) is 11.7 Å². The molecular weight excluding hydrogens is 346 g/mol. The number of aromatic nitrogens is 1. The third-order valence-corrected chi connectivity index (χ3v) is 6.16. The van der Waals surface area contributed by atoms with Gasteiger partial charge in [0.15, 0.2) is 0 Å². The Hall–Kier alpha value is -0.750. The minimum absolute atomic E-state index is 0.432. The van der Waals surface area contributed by atoms with Crippen molar-refractivity contribution < 1.29 is 0 Å². The summed E-state index contributed by atoms with van der Waals surface area (Å²) in [6, 6.07) is 6.97. The van der Waals surface area contributed by atoms with Crippen molar-refractivity contribution >= 4 is 27.3 Å². The van der Waals surface area contributed by atoms with Gasteiger partial charge in [-0.1, -0.05) is 22.0 Å². The lowest BCUT2D eigenvalue weighted by molar-refractivity contribution is 0.185. The van der Waals surface area contributed by atoms with Gasteiger partial charge in [-0.25, -0.2) is 4.98 Å². The van der Waals surface area contributed by atoms with Gasteiger partial charge in [0.2, 0.25) is 0 Å². The Balaban J connectivity index is 1.63. The van der Waals surface area contributed by atoms with Gasteiger partial charge in [-0.2, -0.15) is 0 Å². The summed E-state index contributed by atoms with van der Waals surface area (Å²) in [5.41, 5.74) is 3.95. The van der Waals surface area contributed by atoms with Gasteiger partial charge in [-0.3, -0.25) is 4.90 Å². The molecule has 2 aliphatic rings. The average molecular weight is 364 g/mol. The number of thiazole rings is 1. The van der Waals surface area contributed by atoms with Gasteiger partial charge in [-0.05, 0) is 24.6 Å². The summed E-state index contributed by atoms with van der Waals surface area (Å²) >= 11 is 5.46. The minimum atomic E-state index is 0.432. The first-order valence-electron chi connectivity index (χ1n) is 7.45. The second-order valence-corrected chi connectivity index (χ2v) is 7.79. The molecule has 1 aliphatic carbocycles. The fourth-order valence-corrected chi connectivity index (χ4v) is 4.81.